The van der Waals surface area contributed by atoms with Gasteiger partial charge in [0.2, 0.25) is 0 Å². The van der Waals surface area contributed by atoms with Crippen molar-refractivity contribution >= 4 is 6.29 Å². The van der Waals surface area contributed by atoms with Crippen LogP contribution in [-0.4, -0.2) is 11.8 Å². The van der Waals surface area contributed by atoms with Crippen molar-refractivity contribution in [3.05, 3.63) is 36.5 Å². The zero-order chi connectivity index (χ0) is 8.16. The summed E-state index contributed by atoms with van der Waals surface area (Å²) < 4.78 is 0. The second-order valence-corrected chi connectivity index (χ2v) is 2.59. The predicted octanol–water partition coefficient (Wildman–Crippen LogP) is 0.955. The van der Waals surface area contributed by atoms with Gasteiger partial charge in [0.25, 0.3) is 0 Å². The van der Waals surface area contributed by atoms with Crippen LogP contribution >= 0.6 is 0 Å². The topological polar surface area (TPSA) is 43.1 Å². The van der Waals surface area contributed by atoms with Crippen molar-refractivity contribution in [1.82, 2.24) is 0 Å². The molecule has 1 aliphatic rings. The first kappa shape index (κ1) is 7.95. The molecule has 2 N–H and O–H groups in total. The third-order valence-electron chi connectivity index (χ3n) is 1.58. The monoisotopic (exact) mass is 149 g/mol. The molecule has 1 rings (SSSR count). The fraction of sp³-hybridized carbons (Fsp3) is 0.222. The molecule has 0 aromatic heterocycles. The minimum Gasteiger partial charge on any atom is -0.318 e. The van der Waals surface area contributed by atoms with Crippen LogP contribution in [-0.2, 0) is 4.79 Å². The molecule has 0 heterocycles. The Morgan fingerprint density at radius 2 is 1.73 bits per heavy atom. The van der Waals surface area contributed by atoms with Crippen LogP contribution in [0.1, 0.15) is 6.42 Å². The van der Waals surface area contributed by atoms with Gasteiger partial charge in [0.1, 0.15) is 6.29 Å². The molecule has 2 nitrogen and oxygen atoms in total. The van der Waals surface area contributed by atoms with E-state index in [0.29, 0.717) is 6.42 Å². The third-order valence-corrected chi connectivity index (χ3v) is 1.58. The van der Waals surface area contributed by atoms with Gasteiger partial charge in [0.15, 0.2) is 0 Å². The minimum absolute atomic E-state index is 0.335. The number of carbonyl (C=O) groups is 1. The van der Waals surface area contributed by atoms with Crippen molar-refractivity contribution in [2.24, 2.45) is 5.73 Å². The Morgan fingerprint density at radius 3 is 2.18 bits per heavy atom. The van der Waals surface area contributed by atoms with Crippen LogP contribution in [0.25, 0.3) is 0 Å². The first-order valence-corrected chi connectivity index (χ1v) is 3.53. The SMILES string of the molecule is NC1(CC=O)C=CC=CC=C1. The highest BCUT2D eigenvalue weighted by molar-refractivity contribution is 5.54. The Balaban J connectivity index is 2.77. The summed E-state index contributed by atoms with van der Waals surface area (Å²) in [4.78, 5) is 10.2. The van der Waals surface area contributed by atoms with Crippen molar-refractivity contribution in [3.63, 3.8) is 0 Å². The van der Waals surface area contributed by atoms with Crippen molar-refractivity contribution in [1.29, 1.82) is 0 Å². The van der Waals surface area contributed by atoms with Gasteiger partial charge in [-0.1, -0.05) is 36.5 Å². The summed E-state index contributed by atoms with van der Waals surface area (Å²) in [7, 11) is 0. The van der Waals surface area contributed by atoms with Crippen LogP contribution < -0.4 is 5.73 Å². The summed E-state index contributed by atoms with van der Waals surface area (Å²) in [6.45, 7) is 0. The van der Waals surface area contributed by atoms with Crippen molar-refractivity contribution in [3.8, 4) is 0 Å². The summed E-state index contributed by atoms with van der Waals surface area (Å²) in [5.74, 6) is 0. The highest BCUT2D eigenvalue weighted by atomic mass is 16.1. The van der Waals surface area contributed by atoms with E-state index in [1.54, 1.807) is 0 Å². The Kier molecular flexibility index (Phi) is 2.39. The maximum atomic E-state index is 10.2. The Hall–Kier alpha value is -1.15. The van der Waals surface area contributed by atoms with Gasteiger partial charge in [0, 0.05) is 6.42 Å². The highest BCUT2D eigenvalue weighted by Crippen LogP contribution is 2.11. The molecular weight excluding hydrogens is 138 g/mol. The van der Waals surface area contributed by atoms with Crippen molar-refractivity contribution in [2.75, 3.05) is 0 Å². The van der Waals surface area contributed by atoms with Crippen LogP contribution in [0, 0.1) is 0 Å². The Labute approximate surface area is 66.1 Å². The maximum Gasteiger partial charge on any atom is 0.122 e. The van der Waals surface area contributed by atoms with E-state index in [-0.39, 0.29) is 0 Å². The molecule has 0 atom stereocenters. The molecule has 0 spiro atoms. The van der Waals surface area contributed by atoms with Gasteiger partial charge in [-0.3, -0.25) is 0 Å². The number of aldehydes is 1. The zero-order valence-electron chi connectivity index (χ0n) is 6.23. The molecule has 2 heteroatoms. The number of hydrogen-bond donors (Lipinski definition) is 1. The van der Waals surface area contributed by atoms with E-state index in [4.69, 9.17) is 5.73 Å². The maximum absolute atomic E-state index is 10.2. The average Bonchev–Trinajstić information content (AvgIpc) is 2.15. The summed E-state index contributed by atoms with van der Waals surface area (Å²) in [5.41, 5.74) is 5.25. The first-order chi connectivity index (χ1) is 5.27. The molecule has 0 fully saturated rings. The molecule has 11 heavy (non-hydrogen) atoms. The summed E-state index contributed by atoms with van der Waals surface area (Å²) in [5, 5.41) is 0. The summed E-state index contributed by atoms with van der Waals surface area (Å²) in [6.07, 6.45) is 12.3. The van der Waals surface area contributed by atoms with Crippen molar-refractivity contribution < 1.29 is 4.79 Å². The van der Waals surface area contributed by atoms with Crippen LogP contribution in [0.4, 0.5) is 0 Å². The van der Waals surface area contributed by atoms with Crippen molar-refractivity contribution in [2.45, 2.75) is 12.0 Å². The molecule has 58 valence electrons. The molecule has 0 aromatic rings. The lowest BCUT2D eigenvalue weighted by Crippen LogP contribution is -2.35. The van der Waals surface area contributed by atoms with Gasteiger partial charge in [-0.15, -0.1) is 0 Å². The molecule has 0 aliphatic heterocycles. The van der Waals surface area contributed by atoms with Gasteiger partial charge in [-0.2, -0.15) is 0 Å². The van der Waals surface area contributed by atoms with E-state index >= 15 is 0 Å². The normalized spacial score (nSPS) is 19.7. The largest absolute Gasteiger partial charge is 0.318 e. The van der Waals surface area contributed by atoms with E-state index in [1.807, 2.05) is 36.5 Å². The van der Waals surface area contributed by atoms with Gasteiger partial charge < -0.3 is 10.5 Å². The van der Waals surface area contributed by atoms with Gasteiger partial charge in [-0.25, -0.2) is 0 Å². The highest BCUT2D eigenvalue weighted by Gasteiger charge is 2.16. The predicted molar refractivity (Wildman–Crippen MR) is 45.0 cm³/mol. The fourth-order valence-corrected chi connectivity index (χ4v) is 0.934. The quantitative estimate of drug-likeness (QED) is 0.594. The van der Waals surface area contributed by atoms with Crippen LogP contribution in [0.5, 0.6) is 0 Å². The molecule has 0 bridgehead atoms. The van der Waals surface area contributed by atoms with E-state index in [0.717, 1.165) is 6.29 Å². The summed E-state index contributed by atoms with van der Waals surface area (Å²) in [6, 6.07) is 0. The lowest BCUT2D eigenvalue weighted by atomic mass is 9.97. The number of carbonyl (C=O) groups excluding carboxylic acids is 1. The lowest BCUT2D eigenvalue weighted by Gasteiger charge is -2.17. The zero-order valence-corrected chi connectivity index (χ0v) is 6.23. The molecule has 0 unspecified atom stereocenters. The molecule has 0 aromatic carbocycles. The number of allylic oxidation sites excluding steroid dienone is 4. The van der Waals surface area contributed by atoms with E-state index in [2.05, 4.69) is 0 Å². The fourth-order valence-electron chi connectivity index (χ4n) is 0.934. The number of nitrogens with two attached hydrogens (primary N) is 1. The van der Waals surface area contributed by atoms with Crippen LogP contribution in [0.15, 0.2) is 36.5 Å². The van der Waals surface area contributed by atoms with E-state index in [1.165, 1.54) is 0 Å². The standard InChI is InChI=1S/C9H11NO/c10-9(7-8-11)5-3-1-2-4-6-9/h1-6,8H,7,10H2. The minimum atomic E-state index is -0.578. The molecule has 0 amide bonds. The lowest BCUT2D eigenvalue weighted by molar-refractivity contribution is -0.108. The summed E-state index contributed by atoms with van der Waals surface area (Å²) >= 11 is 0. The second-order valence-electron chi connectivity index (χ2n) is 2.59. The number of rotatable bonds is 2. The second kappa shape index (κ2) is 3.30. The molecule has 0 radical (unpaired) electrons. The van der Waals surface area contributed by atoms with Gasteiger partial charge >= 0.3 is 0 Å². The smallest absolute Gasteiger partial charge is 0.122 e. The molecule has 0 saturated carbocycles. The average molecular weight is 149 g/mol. The van der Waals surface area contributed by atoms with Gasteiger partial charge in [0.05, 0.1) is 5.54 Å². The Bertz CT molecular complexity index is 210. The third kappa shape index (κ3) is 2.16. The Morgan fingerprint density at radius 1 is 1.18 bits per heavy atom. The number of hydrogen-bond acceptors (Lipinski definition) is 2. The van der Waals surface area contributed by atoms with E-state index in [9.17, 15) is 4.79 Å². The van der Waals surface area contributed by atoms with Crippen LogP contribution in [0.2, 0.25) is 0 Å². The van der Waals surface area contributed by atoms with E-state index < -0.39 is 5.54 Å². The first-order valence-electron chi connectivity index (χ1n) is 3.53. The van der Waals surface area contributed by atoms with Crippen LogP contribution in [0.3, 0.4) is 0 Å². The molecular formula is C9H11NO. The molecule has 1 aliphatic carbocycles. The van der Waals surface area contributed by atoms with Gasteiger partial charge in [-0.05, 0) is 0 Å². The molecule has 0 saturated heterocycles.